The zero-order valence-electron chi connectivity index (χ0n) is 10.0. The van der Waals surface area contributed by atoms with E-state index in [1.165, 1.54) is 30.3 Å². The molecule has 0 aliphatic carbocycles. The van der Waals surface area contributed by atoms with Crippen molar-refractivity contribution in [2.24, 2.45) is 0 Å². The molecule has 0 saturated carbocycles. The summed E-state index contributed by atoms with van der Waals surface area (Å²) in [7, 11) is -4.78. The summed E-state index contributed by atoms with van der Waals surface area (Å²) in [5, 5.41) is 19.1. The van der Waals surface area contributed by atoms with Gasteiger partial charge in [0.2, 0.25) is 0 Å². The molecule has 0 aliphatic heterocycles. The number of rotatable bonds is 3. The van der Waals surface area contributed by atoms with E-state index in [1.54, 1.807) is 0 Å². The van der Waals surface area contributed by atoms with Gasteiger partial charge in [0.25, 0.3) is 10.1 Å². The number of phenolic OH excluding ortho intramolecular Hbond substituents is 2. The van der Waals surface area contributed by atoms with Gasteiger partial charge in [-0.3, -0.25) is 9.35 Å². The van der Waals surface area contributed by atoms with Crippen molar-refractivity contribution < 1.29 is 28.0 Å². The number of phenols is 2. The molecule has 20 heavy (non-hydrogen) atoms. The van der Waals surface area contributed by atoms with Crippen molar-refractivity contribution in [3.8, 4) is 11.5 Å². The molecule has 0 aromatic heterocycles. The monoisotopic (exact) mass is 294 g/mol. The molecule has 2 rings (SSSR count). The molecule has 0 unspecified atom stereocenters. The lowest BCUT2D eigenvalue weighted by Crippen LogP contribution is -2.10. The third kappa shape index (κ3) is 2.49. The molecule has 0 saturated heterocycles. The number of aromatic hydroxyl groups is 2. The van der Waals surface area contributed by atoms with Crippen LogP contribution in [-0.2, 0) is 10.1 Å². The molecule has 0 atom stereocenters. The van der Waals surface area contributed by atoms with Crippen LogP contribution in [0.4, 0.5) is 0 Å². The van der Waals surface area contributed by atoms with E-state index in [0.29, 0.717) is 0 Å². The van der Waals surface area contributed by atoms with Gasteiger partial charge in [-0.25, -0.2) is 0 Å². The summed E-state index contributed by atoms with van der Waals surface area (Å²) in [5.41, 5.74) is -0.558. The zero-order valence-corrected chi connectivity index (χ0v) is 10.8. The summed E-state index contributed by atoms with van der Waals surface area (Å²) in [6, 6.07) is 8.99. The van der Waals surface area contributed by atoms with Crippen molar-refractivity contribution in [2.75, 3.05) is 0 Å². The van der Waals surface area contributed by atoms with Gasteiger partial charge < -0.3 is 10.2 Å². The van der Waals surface area contributed by atoms with E-state index in [-0.39, 0.29) is 11.3 Å². The second-order valence-electron chi connectivity index (χ2n) is 3.98. The molecule has 0 fully saturated rings. The minimum Gasteiger partial charge on any atom is -0.507 e. The van der Waals surface area contributed by atoms with E-state index in [9.17, 15) is 23.4 Å². The summed E-state index contributed by atoms with van der Waals surface area (Å²) in [6.45, 7) is 0. The normalized spacial score (nSPS) is 11.2. The van der Waals surface area contributed by atoms with Gasteiger partial charge in [0, 0.05) is 5.56 Å². The third-order valence-electron chi connectivity index (χ3n) is 2.65. The maximum absolute atomic E-state index is 12.2. The number of hydrogen-bond acceptors (Lipinski definition) is 5. The molecule has 6 nitrogen and oxygen atoms in total. The largest absolute Gasteiger partial charge is 0.507 e. The highest BCUT2D eigenvalue weighted by molar-refractivity contribution is 7.86. The van der Waals surface area contributed by atoms with Crippen LogP contribution >= 0.6 is 0 Å². The first-order valence-corrected chi connectivity index (χ1v) is 6.88. The van der Waals surface area contributed by atoms with Gasteiger partial charge in [0.1, 0.15) is 16.4 Å². The molecule has 0 bridgehead atoms. The lowest BCUT2D eigenvalue weighted by atomic mass is 10.0. The van der Waals surface area contributed by atoms with Crippen LogP contribution in [0.25, 0.3) is 0 Å². The number of para-hydroxylation sites is 1. The lowest BCUT2D eigenvalue weighted by molar-refractivity contribution is 0.103. The summed E-state index contributed by atoms with van der Waals surface area (Å²) in [5.74, 6) is -1.90. The molecule has 0 radical (unpaired) electrons. The van der Waals surface area contributed by atoms with Gasteiger partial charge in [0.05, 0.1) is 5.56 Å². The SMILES string of the molecule is O=C(c1ccccc1O)c1cccc(O)c1S(=O)(=O)O. The molecule has 2 aromatic carbocycles. The average molecular weight is 294 g/mol. The smallest absolute Gasteiger partial charge is 0.298 e. The van der Waals surface area contributed by atoms with E-state index in [4.69, 9.17) is 4.55 Å². The van der Waals surface area contributed by atoms with Crippen molar-refractivity contribution in [1.29, 1.82) is 0 Å². The topological polar surface area (TPSA) is 112 Å². The van der Waals surface area contributed by atoms with Gasteiger partial charge in [0.15, 0.2) is 5.78 Å². The Hall–Kier alpha value is -2.38. The first-order chi connectivity index (χ1) is 9.32. The fourth-order valence-corrected chi connectivity index (χ4v) is 2.56. The molecular weight excluding hydrogens is 284 g/mol. The Morgan fingerprint density at radius 1 is 0.850 bits per heavy atom. The predicted molar refractivity (Wildman–Crippen MR) is 69.5 cm³/mol. The fraction of sp³-hybridized carbons (Fsp3) is 0. The van der Waals surface area contributed by atoms with Crippen LogP contribution in [0.1, 0.15) is 15.9 Å². The summed E-state index contributed by atoms with van der Waals surface area (Å²) in [4.78, 5) is 11.4. The molecule has 104 valence electrons. The van der Waals surface area contributed by atoms with Gasteiger partial charge in [-0.1, -0.05) is 18.2 Å². The Balaban J connectivity index is 2.69. The van der Waals surface area contributed by atoms with E-state index in [2.05, 4.69) is 0 Å². The summed E-state index contributed by atoms with van der Waals surface area (Å²) < 4.78 is 31.7. The van der Waals surface area contributed by atoms with E-state index in [1.807, 2.05) is 0 Å². The second-order valence-corrected chi connectivity index (χ2v) is 5.33. The van der Waals surface area contributed by atoms with Crippen LogP contribution in [0.3, 0.4) is 0 Å². The van der Waals surface area contributed by atoms with Gasteiger partial charge in [-0.2, -0.15) is 8.42 Å². The number of carbonyl (C=O) groups excluding carboxylic acids is 1. The number of carbonyl (C=O) groups is 1. The highest BCUT2D eigenvalue weighted by Crippen LogP contribution is 2.29. The summed E-state index contributed by atoms with van der Waals surface area (Å²) >= 11 is 0. The van der Waals surface area contributed by atoms with Gasteiger partial charge >= 0.3 is 0 Å². The quantitative estimate of drug-likeness (QED) is 0.585. The molecule has 0 heterocycles. The molecule has 7 heteroatoms. The Labute approximate surface area is 114 Å². The Morgan fingerprint density at radius 2 is 1.40 bits per heavy atom. The van der Waals surface area contributed by atoms with E-state index >= 15 is 0 Å². The molecule has 0 aliphatic rings. The van der Waals surface area contributed by atoms with Crippen LogP contribution in [0, 0.1) is 0 Å². The van der Waals surface area contributed by atoms with Gasteiger partial charge in [-0.05, 0) is 24.3 Å². The fourth-order valence-electron chi connectivity index (χ4n) is 1.79. The molecule has 0 spiro atoms. The maximum atomic E-state index is 12.2. The number of hydrogen-bond donors (Lipinski definition) is 3. The first-order valence-electron chi connectivity index (χ1n) is 5.44. The standard InChI is InChI=1S/C13H10O6S/c14-10-6-2-1-4-8(10)12(16)9-5-3-7-11(15)13(9)20(17,18)19/h1-7,14-15H,(H,17,18,19). The van der Waals surface area contributed by atoms with Crippen molar-refractivity contribution in [3.63, 3.8) is 0 Å². The van der Waals surface area contributed by atoms with Crippen LogP contribution in [0.5, 0.6) is 11.5 Å². The van der Waals surface area contributed by atoms with Crippen molar-refractivity contribution in [1.82, 2.24) is 0 Å². The van der Waals surface area contributed by atoms with Crippen LogP contribution in [0.2, 0.25) is 0 Å². The number of benzene rings is 2. The molecular formula is C13H10O6S. The highest BCUT2D eigenvalue weighted by atomic mass is 32.2. The lowest BCUT2D eigenvalue weighted by Gasteiger charge is -2.09. The minimum absolute atomic E-state index is 0.136. The third-order valence-corrected chi connectivity index (χ3v) is 3.59. The van der Waals surface area contributed by atoms with Crippen molar-refractivity contribution in [2.45, 2.75) is 4.90 Å². The highest BCUT2D eigenvalue weighted by Gasteiger charge is 2.26. The van der Waals surface area contributed by atoms with E-state index in [0.717, 1.165) is 12.1 Å². The van der Waals surface area contributed by atoms with E-state index < -0.39 is 32.1 Å². The second kappa shape index (κ2) is 4.95. The zero-order chi connectivity index (χ0) is 14.9. The predicted octanol–water partition coefficient (Wildman–Crippen LogP) is 1.58. The first kappa shape index (κ1) is 14.0. The Morgan fingerprint density at radius 3 is 2.00 bits per heavy atom. The molecule has 0 amide bonds. The van der Waals surface area contributed by atoms with Crippen LogP contribution in [-0.4, -0.2) is 29.0 Å². The van der Waals surface area contributed by atoms with Crippen molar-refractivity contribution >= 4 is 15.9 Å². The molecule has 3 N–H and O–H groups in total. The Bertz CT molecular complexity index is 779. The van der Waals surface area contributed by atoms with Crippen LogP contribution in [0.15, 0.2) is 47.4 Å². The van der Waals surface area contributed by atoms with Crippen molar-refractivity contribution in [3.05, 3.63) is 53.6 Å². The Kier molecular flexibility index (Phi) is 3.47. The number of ketones is 1. The minimum atomic E-state index is -4.78. The average Bonchev–Trinajstić information content (AvgIpc) is 2.36. The summed E-state index contributed by atoms with van der Waals surface area (Å²) in [6.07, 6.45) is 0. The van der Waals surface area contributed by atoms with Crippen LogP contribution < -0.4 is 0 Å². The molecule has 2 aromatic rings. The van der Waals surface area contributed by atoms with Gasteiger partial charge in [-0.15, -0.1) is 0 Å². The maximum Gasteiger partial charge on any atom is 0.298 e.